The molecule has 0 saturated heterocycles. The summed E-state index contributed by atoms with van der Waals surface area (Å²) >= 11 is 5.89. The van der Waals surface area contributed by atoms with Gasteiger partial charge in [0, 0.05) is 6.54 Å². The first-order valence-electron chi connectivity index (χ1n) is 9.36. The predicted molar refractivity (Wildman–Crippen MR) is 111 cm³/mol. The summed E-state index contributed by atoms with van der Waals surface area (Å²) in [6.45, 7) is 5.33. The van der Waals surface area contributed by atoms with E-state index in [-0.39, 0.29) is 23.9 Å². The minimum absolute atomic E-state index is 0.0616. The van der Waals surface area contributed by atoms with E-state index in [0.717, 1.165) is 22.9 Å². The molecule has 0 aliphatic carbocycles. The lowest BCUT2D eigenvalue weighted by molar-refractivity contribution is -0.137. The summed E-state index contributed by atoms with van der Waals surface area (Å²) in [4.78, 5) is 12.5. The second-order valence-corrected chi connectivity index (χ2v) is 8.03. The molecule has 6 nitrogen and oxygen atoms in total. The molecule has 2 atom stereocenters. The van der Waals surface area contributed by atoms with Crippen molar-refractivity contribution >= 4 is 25.7 Å². The van der Waals surface area contributed by atoms with Gasteiger partial charge in [-0.05, 0) is 63.2 Å². The van der Waals surface area contributed by atoms with Crippen LogP contribution < -0.4 is 9.47 Å². The van der Waals surface area contributed by atoms with Crippen LogP contribution in [0.15, 0.2) is 42.5 Å². The molecule has 0 heterocycles. The van der Waals surface area contributed by atoms with Crippen LogP contribution in [0.3, 0.4) is 0 Å². The summed E-state index contributed by atoms with van der Waals surface area (Å²) < 4.78 is 67.5. The van der Waals surface area contributed by atoms with Crippen molar-refractivity contribution in [3.8, 4) is 17.2 Å². The molecule has 0 aromatic heterocycles. The molecule has 0 saturated carbocycles. The maximum atomic E-state index is 12.7. The first-order valence-corrected chi connectivity index (χ1v) is 11.0. The number of alkyl halides is 3. The second kappa shape index (κ2) is 10.9. The van der Waals surface area contributed by atoms with Crippen LogP contribution in [-0.4, -0.2) is 29.8 Å². The van der Waals surface area contributed by atoms with Gasteiger partial charge in [0.25, 0.3) is 14.1 Å². The van der Waals surface area contributed by atoms with Gasteiger partial charge in [0.2, 0.25) is 0 Å². The molecule has 0 aliphatic rings. The average Bonchev–Trinajstić information content (AvgIpc) is 2.70. The summed E-state index contributed by atoms with van der Waals surface area (Å²) in [5, 5.41) is -0.182. The van der Waals surface area contributed by atoms with Crippen LogP contribution in [0.5, 0.6) is 17.2 Å². The number of carbonyl (C=O) groups excluding carboxylic acids is 1. The molecule has 2 rings (SSSR count). The monoisotopic (exact) mass is 479 g/mol. The third-order valence-corrected chi connectivity index (χ3v) is 5.85. The first-order chi connectivity index (χ1) is 14.6. The van der Waals surface area contributed by atoms with Crippen molar-refractivity contribution in [1.29, 1.82) is 0 Å². The Balaban J connectivity index is 2.03. The quantitative estimate of drug-likeness (QED) is 0.401. The van der Waals surface area contributed by atoms with Crippen molar-refractivity contribution in [3.05, 3.63) is 53.1 Å². The van der Waals surface area contributed by atoms with Gasteiger partial charge in [0.05, 0.1) is 17.2 Å². The third-order valence-electron chi connectivity index (χ3n) is 4.04. The highest BCUT2D eigenvalue weighted by Gasteiger charge is 2.31. The second-order valence-electron chi connectivity index (χ2n) is 6.26. The zero-order valence-corrected chi connectivity index (χ0v) is 18.8. The molecular formula is C20H22ClF3NO5P. The van der Waals surface area contributed by atoms with Gasteiger partial charge in [-0.1, -0.05) is 11.6 Å². The van der Waals surface area contributed by atoms with E-state index in [1.54, 1.807) is 13.8 Å². The molecule has 0 N–H and O–H groups in total. The number of hydrogen-bond donors (Lipinski definition) is 0. The van der Waals surface area contributed by atoms with Crippen molar-refractivity contribution in [3.63, 3.8) is 0 Å². The summed E-state index contributed by atoms with van der Waals surface area (Å²) in [7, 11) is -2.67. The number of amides is 1. The van der Waals surface area contributed by atoms with E-state index < -0.39 is 31.9 Å². The van der Waals surface area contributed by atoms with Gasteiger partial charge >= 0.3 is 6.18 Å². The average molecular weight is 480 g/mol. The molecule has 1 amide bonds. The van der Waals surface area contributed by atoms with E-state index in [4.69, 9.17) is 25.6 Å². The van der Waals surface area contributed by atoms with E-state index >= 15 is 0 Å². The molecule has 170 valence electrons. The lowest BCUT2D eigenvalue weighted by atomic mass is 10.2. The van der Waals surface area contributed by atoms with Gasteiger partial charge in [0.1, 0.15) is 17.2 Å². The highest BCUT2D eigenvalue weighted by molar-refractivity contribution is 7.37. The standard InChI is InChI=1S/C20H22ClF3NO5P/c1-4-25(31(27)28-5-2)19(26)13(3)29-15-7-9-16(10-8-15)30-18-11-6-14(12-17(18)21)20(22,23)24/h6-13,31H,4-5H2,1-3H3. The van der Waals surface area contributed by atoms with E-state index in [0.29, 0.717) is 11.5 Å². The molecular weight excluding hydrogens is 458 g/mol. The molecule has 0 radical (unpaired) electrons. The number of halogens is 4. The Labute approximate surface area is 183 Å². The van der Waals surface area contributed by atoms with Gasteiger partial charge in [-0.25, -0.2) is 0 Å². The van der Waals surface area contributed by atoms with Crippen molar-refractivity contribution in [1.82, 2.24) is 4.67 Å². The van der Waals surface area contributed by atoms with Gasteiger partial charge in [0.15, 0.2) is 6.10 Å². The van der Waals surface area contributed by atoms with Crippen LogP contribution in [0.25, 0.3) is 0 Å². The minimum Gasteiger partial charge on any atom is -0.481 e. The molecule has 2 unspecified atom stereocenters. The molecule has 0 bridgehead atoms. The van der Waals surface area contributed by atoms with E-state index in [9.17, 15) is 22.5 Å². The molecule has 11 heteroatoms. The Hall–Kier alpha value is -2.22. The number of ether oxygens (including phenoxy) is 2. The first kappa shape index (κ1) is 25.0. The van der Waals surface area contributed by atoms with E-state index in [1.165, 1.54) is 31.2 Å². The lowest BCUT2D eigenvalue weighted by Gasteiger charge is -2.23. The van der Waals surface area contributed by atoms with Crippen LogP contribution in [0.1, 0.15) is 26.3 Å². The van der Waals surface area contributed by atoms with E-state index in [2.05, 4.69) is 0 Å². The van der Waals surface area contributed by atoms with Crippen molar-refractivity contribution in [2.75, 3.05) is 13.2 Å². The lowest BCUT2D eigenvalue weighted by Crippen LogP contribution is -2.36. The number of benzene rings is 2. The predicted octanol–water partition coefficient (Wildman–Crippen LogP) is 6.19. The zero-order chi connectivity index (χ0) is 23.2. The highest BCUT2D eigenvalue weighted by atomic mass is 35.5. The summed E-state index contributed by atoms with van der Waals surface area (Å²) in [5.74, 6) is 0.242. The van der Waals surface area contributed by atoms with E-state index in [1.807, 2.05) is 0 Å². The largest absolute Gasteiger partial charge is 0.481 e. The van der Waals surface area contributed by atoms with Crippen molar-refractivity contribution in [2.45, 2.75) is 33.1 Å². The Bertz CT molecular complexity index is 924. The molecule has 2 aromatic carbocycles. The van der Waals surface area contributed by atoms with Gasteiger partial charge in [-0.3, -0.25) is 14.0 Å². The highest BCUT2D eigenvalue weighted by Crippen LogP contribution is 2.36. The van der Waals surface area contributed by atoms with Gasteiger partial charge in [-0.2, -0.15) is 13.2 Å². The van der Waals surface area contributed by atoms with Crippen LogP contribution in [-0.2, 0) is 20.1 Å². The fourth-order valence-corrected chi connectivity index (χ4v) is 3.77. The number of likely N-dealkylation sites (N-methyl/N-ethyl adjacent to an activating group) is 1. The normalized spacial score (nSPS) is 13.4. The van der Waals surface area contributed by atoms with Crippen LogP contribution >= 0.6 is 19.8 Å². The van der Waals surface area contributed by atoms with Crippen LogP contribution in [0.2, 0.25) is 5.02 Å². The van der Waals surface area contributed by atoms with Crippen LogP contribution in [0, 0.1) is 0 Å². The molecule has 0 fully saturated rings. The SMILES string of the molecule is CCO[PH](=O)N(CC)C(=O)C(C)Oc1ccc(Oc2ccc(C(F)(F)F)cc2Cl)cc1. The summed E-state index contributed by atoms with van der Waals surface area (Å²) in [6.07, 6.45) is -5.41. The molecule has 0 spiro atoms. The maximum absolute atomic E-state index is 12.7. The summed E-state index contributed by atoms with van der Waals surface area (Å²) in [5.41, 5.74) is -0.875. The van der Waals surface area contributed by atoms with Crippen LogP contribution in [0.4, 0.5) is 13.2 Å². The summed E-state index contributed by atoms with van der Waals surface area (Å²) in [6, 6.07) is 8.88. The van der Waals surface area contributed by atoms with Crippen molar-refractivity contribution in [2.24, 2.45) is 0 Å². The Morgan fingerprint density at radius 1 is 1.13 bits per heavy atom. The third kappa shape index (κ3) is 6.89. The number of nitrogens with zero attached hydrogens (tertiary/aromatic N) is 1. The number of rotatable bonds is 9. The van der Waals surface area contributed by atoms with Gasteiger partial charge in [-0.15, -0.1) is 0 Å². The fraction of sp³-hybridized carbons (Fsp3) is 0.350. The number of carbonyl (C=O) groups is 1. The fourth-order valence-electron chi connectivity index (χ4n) is 2.52. The Kier molecular flexibility index (Phi) is 8.79. The Morgan fingerprint density at radius 3 is 2.26 bits per heavy atom. The molecule has 31 heavy (non-hydrogen) atoms. The Morgan fingerprint density at radius 2 is 1.74 bits per heavy atom. The molecule has 2 aromatic rings. The smallest absolute Gasteiger partial charge is 0.416 e. The minimum atomic E-state index is -4.50. The zero-order valence-electron chi connectivity index (χ0n) is 17.0. The van der Waals surface area contributed by atoms with Gasteiger partial charge < -0.3 is 14.0 Å². The molecule has 0 aliphatic heterocycles. The maximum Gasteiger partial charge on any atom is 0.416 e. The topological polar surface area (TPSA) is 65.1 Å². The number of hydrogen-bond acceptors (Lipinski definition) is 5. The van der Waals surface area contributed by atoms with Crippen molar-refractivity contribution < 1.29 is 36.5 Å².